The number of carbonyl (C=O) groups excluding carboxylic acids is 1. The highest BCUT2D eigenvalue weighted by molar-refractivity contribution is 7.99. The molecule has 0 spiro atoms. The maximum atomic E-state index is 12.2. The maximum Gasteiger partial charge on any atom is 0.163 e. The first-order chi connectivity index (χ1) is 8.15. The molecular weight excluding hydrogens is 252 g/mol. The summed E-state index contributed by atoms with van der Waals surface area (Å²) in [6.07, 6.45) is 3.03. The summed E-state index contributed by atoms with van der Waals surface area (Å²) < 4.78 is 0. The summed E-state index contributed by atoms with van der Waals surface area (Å²) in [5.74, 6) is 3.22. The lowest BCUT2D eigenvalue weighted by molar-refractivity contribution is 0.0958. The monoisotopic (exact) mass is 268 g/mol. The molecule has 2 rings (SSSR count). The van der Waals surface area contributed by atoms with Crippen LogP contribution in [0.3, 0.4) is 0 Å². The van der Waals surface area contributed by atoms with Gasteiger partial charge in [0.15, 0.2) is 5.78 Å². The van der Waals surface area contributed by atoms with Gasteiger partial charge in [-0.3, -0.25) is 4.79 Å². The molecule has 0 atom stereocenters. The van der Waals surface area contributed by atoms with Gasteiger partial charge in [-0.25, -0.2) is 0 Å². The minimum atomic E-state index is 0.243. The average molecular weight is 269 g/mol. The number of hydrogen-bond acceptors (Lipinski definition) is 2. The lowest BCUT2D eigenvalue weighted by Gasteiger charge is -2.20. The Morgan fingerprint density at radius 2 is 2.06 bits per heavy atom. The van der Waals surface area contributed by atoms with E-state index >= 15 is 0 Å². The predicted octanol–water partition coefficient (Wildman–Crippen LogP) is 4.36. The molecule has 1 fully saturated rings. The van der Waals surface area contributed by atoms with E-state index < -0.39 is 0 Å². The molecule has 1 nitrogen and oxygen atoms in total. The van der Waals surface area contributed by atoms with Gasteiger partial charge in [-0.2, -0.15) is 11.8 Å². The third kappa shape index (κ3) is 3.75. The Morgan fingerprint density at radius 3 is 2.71 bits per heavy atom. The van der Waals surface area contributed by atoms with Crippen LogP contribution in [0.5, 0.6) is 0 Å². The van der Waals surface area contributed by atoms with Gasteiger partial charge in [-0.05, 0) is 61.0 Å². The van der Waals surface area contributed by atoms with Crippen LogP contribution in [0.2, 0.25) is 5.02 Å². The van der Waals surface area contributed by atoms with Crippen molar-refractivity contribution in [2.75, 3.05) is 11.5 Å². The number of aryl methyl sites for hydroxylation is 1. The molecule has 0 bridgehead atoms. The zero-order valence-electron chi connectivity index (χ0n) is 10.0. The molecule has 0 unspecified atom stereocenters. The first-order valence-electron chi connectivity index (χ1n) is 6.03. The second-order valence-electron chi connectivity index (χ2n) is 4.70. The van der Waals surface area contributed by atoms with Gasteiger partial charge < -0.3 is 0 Å². The number of halogens is 1. The molecule has 0 saturated carbocycles. The molecule has 1 aliphatic rings. The Kier molecular flexibility index (Phi) is 4.52. The van der Waals surface area contributed by atoms with Crippen molar-refractivity contribution in [3.63, 3.8) is 0 Å². The quantitative estimate of drug-likeness (QED) is 0.758. The zero-order chi connectivity index (χ0) is 12.3. The van der Waals surface area contributed by atoms with Gasteiger partial charge in [-0.1, -0.05) is 11.6 Å². The van der Waals surface area contributed by atoms with Crippen LogP contribution in [-0.4, -0.2) is 17.3 Å². The second-order valence-corrected chi connectivity index (χ2v) is 6.36. The largest absolute Gasteiger partial charge is 0.294 e. The third-order valence-corrected chi connectivity index (χ3v) is 4.45. The molecule has 0 N–H and O–H groups in total. The number of ketones is 1. The van der Waals surface area contributed by atoms with Crippen molar-refractivity contribution >= 4 is 29.1 Å². The predicted molar refractivity (Wildman–Crippen MR) is 75.2 cm³/mol. The summed E-state index contributed by atoms with van der Waals surface area (Å²) in [6, 6.07) is 5.61. The maximum absolute atomic E-state index is 12.2. The molecule has 0 aliphatic carbocycles. The van der Waals surface area contributed by atoms with Gasteiger partial charge in [-0.15, -0.1) is 0 Å². The van der Waals surface area contributed by atoms with Crippen molar-refractivity contribution in [3.8, 4) is 0 Å². The van der Waals surface area contributed by atoms with E-state index in [9.17, 15) is 4.79 Å². The number of hydrogen-bond donors (Lipinski definition) is 0. The van der Waals surface area contributed by atoms with Gasteiger partial charge in [0.1, 0.15) is 0 Å². The van der Waals surface area contributed by atoms with Crippen LogP contribution >= 0.6 is 23.4 Å². The summed E-state index contributed by atoms with van der Waals surface area (Å²) >= 11 is 7.98. The molecule has 17 heavy (non-hydrogen) atoms. The van der Waals surface area contributed by atoms with Gasteiger partial charge in [0.2, 0.25) is 0 Å². The van der Waals surface area contributed by atoms with Crippen LogP contribution in [0.15, 0.2) is 18.2 Å². The highest BCUT2D eigenvalue weighted by atomic mass is 35.5. The van der Waals surface area contributed by atoms with Crippen molar-refractivity contribution in [1.82, 2.24) is 0 Å². The van der Waals surface area contributed by atoms with Gasteiger partial charge >= 0.3 is 0 Å². The van der Waals surface area contributed by atoms with Crippen LogP contribution in [0.1, 0.15) is 35.2 Å². The molecule has 1 aromatic rings. The van der Waals surface area contributed by atoms with Crippen LogP contribution in [-0.2, 0) is 0 Å². The summed E-state index contributed by atoms with van der Waals surface area (Å²) in [5.41, 5.74) is 1.83. The number of rotatable bonds is 3. The number of thioether (sulfide) groups is 1. The molecule has 92 valence electrons. The Bertz CT molecular complexity index is 390. The number of carbonyl (C=O) groups is 1. The molecule has 0 amide bonds. The molecular formula is C14H17ClOS. The van der Waals surface area contributed by atoms with Crippen molar-refractivity contribution in [3.05, 3.63) is 34.3 Å². The fraction of sp³-hybridized carbons (Fsp3) is 0.500. The van der Waals surface area contributed by atoms with Crippen molar-refractivity contribution in [2.45, 2.75) is 26.2 Å². The van der Waals surface area contributed by atoms with E-state index in [4.69, 9.17) is 11.6 Å². The highest BCUT2D eigenvalue weighted by Crippen LogP contribution is 2.27. The topological polar surface area (TPSA) is 17.1 Å². The lowest BCUT2D eigenvalue weighted by atomic mass is 9.93. The Morgan fingerprint density at radius 1 is 1.35 bits per heavy atom. The number of benzene rings is 1. The normalized spacial score (nSPS) is 17.1. The minimum absolute atomic E-state index is 0.243. The third-order valence-electron chi connectivity index (χ3n) is 3.18. The number of Topliss-reactive ketones (excluding diaryl/α,β-unsaturated/α-hetero) is 1. The van der Waals surface area contributed by atoms with Gasteiger partial charge in [0, 0.05) is 17.0 Å². The molecule has 1 heterocycles. The van der Waals surface area contributed by atoms with E-state index in [0.717, 1.165) is 11.1 Å². The smallest absolute Gasteiger partial charge is 0.163 e. The van der Waals surface area contributed by atoms with Gasteiger partial charge in [0.05, 0.1) is 0 Å². The van der Waals surface area contributed by atoms with Crippen molar-refractivity contribution < 1.29 is 4.79 Å². The summed E-state index contributed by atoms with van der Waals surface area (Å²) in [5, 5.41) is 0.660. The minimum Gasteiger partial charge on any atom is -0.294 e. The van der Waals surface area contributed by atoms with Crippen LogP contribution in [0, 0.1) is 12.8 Å². The van der Waals surface area contributed by atoms with Gasteiger partial charge in [0.25, 0.3) is 0 Å². The fourth-order valence-corrected chi connectivity index (χ4v) is 3.72. The average Bonchev–Trinajstić information content (AvgIpc) is 2.29. The zero-order valence-corrected chi connectivity index (χ0v) is 11.6. The first kappa shape index (κ1) is 13.0. The fourth-order valence-electron chi connectivity index (χ4n) is 2.23. The van der Waals surface area contributed by atoms with Crippen LogP contribution in [0.4, 0.5) is 0 Å². The molecule has 1 saturated heterocycles. The summed E-state index contributed by atoms with van der Waals surface area (Å²) in [4.78, 5) is 12.2. The van der Waals surface area contributed by atoms with Crippen LogP contribution in [0.25, 0.3) is 0 Å². The van der Waals surface area contributed by atoms with E-state index in [0.29, 0.717) is 17.4 Å². The summed E-state index contributed by atoms with van der Waals surface area (Å²) in [6.45, 7) is 1.97. The van der Waals surface area contributed by atoms with E-state index in [1.807, 2.05) is 30.8 Å². The van der Waals surface area contributed by atoms with Crippen LogP contribution < -0.4 is 0 Å². The molecule has 0 aromatic heterocycles. The van der Waals surface area contributed by atoms with E-state index in [2.05, 4.69) is 0 Å². The molecule has 3 heteroatoms. The summed E-state index contributed by atoms with van der Waals surface area (Å²) in [7, 11) is 0. The highest BCUT2D eigenvalue weighted by Gasteiger charge is 2.18. The van der Waals surface area contributed by atoms with Crippen molar-refractivity contribution in [2.24, 2.45) is 5.92 Å². The van der Waals surface area contributed by atoms with E-state index in [1.165, 1.54) is 24.3 Å². The van der Waals surface area contributed by atoms with Crippen molar-refractivity contribution in [1.29, 1.82) is 0 Å². The Hall–Kier alpha value is -0.470. The molecule has 1 aromatic carbocycles. The second kappa shape index (κ2) is 5.92. The van der Waals surface area contributed by atoms with E-state index in [-0.39, 0.29) is 5.78 Å². The molecule has 1 aliphatic heterocycles. The molecule has 0 radical (unpaired) electrons. The standard InChI is InChI=1S/C14H17ClOS/c1-10-6-12(9-13(15)7-10)14(16)8-11-2-4-17-5-3-11/h6-7,9,11H,2-5,8H2,1H3. The SMILES string of the molecule is Cc1cc(Cl)cc(C(=O)CC2CCSCC2)c1. The lowest BCUT2D eigenvalue weighted by Crippen LogP contribution is -2.14. The van der Waals surface area contributed by atoms with E-state index in [1.54, 1.807) is 6.07 Å². The first-order valence-corrected chi connectivity index (χ1v) is 7.56. The Labute approximate surface area is 112 Å². The Balaban J connectivity index is 2.03.